The molecule has 0 spiro atoms. The van der Waals surface area contributed by atoms with Crippen LogP contribution in [0.5, 0.6) is 0 Å². The van der Waals surface area contributed by atoms with Crippen LogP contribution < -0.4 is 0 Å². The van der Waals surface area contributed by atoms with Crippen molar-refractivity contribution < 1.29 is 8.42 Å². The van der Waals surface area contributed by atoms with Gasteiger partial charge in [0.2, 0.25) is 10.0 Å². The van der Waals surface area contributed by atoms with Crippen LogP contribution in [0.4, 0.5) is 0 Å². The van der Waals surface area contributed by atoms with Crippen molar-refractivity contribution in [2.75, 3.05) is 13.1 Å². The van der Waals surface area contributed by atoms with Crippen LogP contribution in [0.2, 0.25) is 0 Å². The van der Waals surface area contributed by atoms with E-state index in [0.717, 1.165) is 24.1 Å². The van der Waals surface area contributed by atoms with E-state index in [1.54, 1.807) is 8.99 Å². The van der Waals surface area contributed by atoms with E-state index in [-0.39, 0.29) is 11.3 Å². The van der Waals surface area contributed by atoms with E-state index in [1.165, 1.54) is 0 Å². The second-order valence-corrected chi connectivity index (χ2v) is 7.88. The van der Waals surface area contributed by atoms with Crippen molar-refractivity contribution in [2.24, 2.45) is 0 Å². The number of benzene rings is 1. The summed E-state index contributed by atoms with van der Waals surface area (Å²) in [4.78, 5) is 0. The Hall–Kier alpha value is -1.73. The quantitative estimate of drug-likeness (QED) is 0.853. The van der Waals surface area contributed by atoms with Gasteiger partial charge in [-0.25, -0.2) is 13.1 Å². The molecule has 110 valence electrons. The van der Waals surface area contributed by atoms with Crippen LogP contribution in [-0.4, -0.2) is 46.1 Å². The zero-order chi connectivity index (χ0) is 14.4. The number of nitrogens with zero attached hydrogens (tertiary/aromatic N) is 4. The molecule has 1 aromatic heterocycles. The molecular formula is C14H16N4O2S. The van der Waals surface area contributed by atoms with E-state index >= 15 is 0 Å². The van der Waals surface area contributed by atoms with Gasteiger partial charge in [0, 0.05) is 18.7 Å². The lowest BCUT2D eigenvalue weighted by Gasteiger charge is -2.37. The second kappa shape index (κ2) is 4.64. The molecule has 0 atom stereocenters. The minimum atomic E-state index is -3.04. The van der Waals surface area contributed by atoms with Crippen molar-refractivity contribution in [1.29, 1.82) is 0 Å². The van der Waals surface area contributed by atoms with Gasteiger partial charge in [-0.3, -0.25) is 0 Å². The molecule has 2 aliphatic rings. The minimum absolute atomic E-state index is 0.100. The Morgan fingerprint density at radius 1 is 1.10 bits per heavy atom. The second-order valence-electron chi connectivity index (χ2n) is 5.66. The standard InChI is InChI=1S/C14H16N4O2S/c19-21(20,13-6-7-13)17-8-12(9-17)18-10-14(15-16-18)11-4-2-1-3-5-11/h1-5,10,12-13H,6-9H2. The molecule has 2 aromatic rings. The summed E-state index contributed by atoms with van der Waals surface area (Å²) in [7, 11) is -3.04. The molecule has 0 amide bonds. The van der Waals surface area contributed by atoms with Crippen molar-refractivity contribution in [3.05, 3.63) is 36.5 Å². The van der Waals surface area contributed by atoms with Crippen LogP contribution in [0.3, 0.4) is 0 Å². The Kier molecular flexibility index (Phi) is 2.87. The molecule has 1 saturated carbocycles. The highest BCUT2D eigenvalue weighted by Crippen LogP contribution is 2.35. The average molecular weight is 304 g/mol. The molecule has 6 nitrogen and oxygen atoms in total. The highest BCUT2D eigenvalue weighted by molar-refractivity contribution is 7.90. The van der Waals surface area contributed by atoms with E-state index in [2.05, 4.69) is 10.3 Å². The summed E-state index contributed by atoms with van der Waals surface area (Å²) < 4.78 is 27.5. The van der Waals surface area contributed by atoms with Crippen molar-refractivity contribution in [1.82, 2.24) is 19.3 Å². The van der Waals surface area contributed by atoms with Crippen LogP contribution in [0.1, 0.15) is 18.9 Å². The monoisotopic (exact) mass is 304 g/mol. The van der Waals surface area contributed by atoms with E-state index in [9.17, 15) is 8.42 Å². The lowest BCUT2D eigenvalue weighted by molar-refractivity contribution is 0.188. The normalized spacial score (nSPS) is 20.4. The molecule has 1 aromatic carbocycles. The van der Waals surface area contributed by atoms with Crippen LogP contribution >= 0.6 is 0 Å². The fourth-order valence-electron chi connectivity index (χ4n) is 2.56. The molecule has 0 unspecified atom stereocenters. The van der Waals surface area contributed by atoms with Crippen molar-refractivity contribution >= 4 is 10.0 Å². The molecule has 1 saturated heterocycles. The first-order valence-electron chi connectivity index (χ1n) is 7.11. The maximum atomic E-state index is 12.1. The highest BCUT2D eigenvalue weighted by atomic mass is 32.2. The average Bonchev–Trinajstić information content (AvgIpc) is 3.19. The van der Waals surface area contributed by atoms with Crippen LogP contribution in [0, 0.1) is 0 Å². The first-order valence-corrected chi connectivity index (χ1v) is 8.61. The van der Waals surface area contributed by atoms with Crippen LogP contribution in [0.15, 0.2) is 36.5 Å². The van der Waals surface area contributed by atoms with Gasteiger partial charge in [0.1, 0.15) is 5.69 Å². The first-order chi connectivity index (χ1) is 10.1. The van der Waals surface area contributed by atoms with Crippen molar-refractivity contribution in [2.45, 2.75) is 24.1 Å². The minimum Gasteiger partial charge on any atom is -0.246 e. The highest BCUT2D eigenvalue weighted by Gasteiger charge is 2.45. The predicted molar refractivity (Wildman–Crippen MR) is 78.0 cm³/mol. The number of hydrogen-bond donors (Lipinski definition) is 0. The third-order valence-corrected chi connectivity index (χ3v) is 6.42. The Morgan fingerprint density at radius 2 is 1.81 bits per heavy atom. The van der Waals surface area contributed by atoms with E-state index in [4.69, 9.17) is 0 Å². The fraction of sp³-hybridized carbons (Fsp3) is 0.429. The fourth-order valence-corrected chi connectivity index (χ4v) is 4.48. The van der Waals surface area contributed by atoms with Gasteiger partial charge in [-0.05, 0) is 12.8 Å². The van der Waals surface area contributed by atoms with Gasteiger partial charge < -0.3 is 0 Å². The maximum Gasteiger partial charge on any atom is 0.217 e. The van der Waals surface area contributed by atoms with Gasteiger partial charge in [-0.2, -0.15) is 4.31 Å². The zero-order valence-corrected chi connectivity index (χ0v) is 12.3. The van der Waals surface area contributed by atoms with Crippen molar-refractivity contribution in [3.8, 4) is 11.3 Å². The summed E-state index contributed by atoms with van der Waals surface area (Å²) in [5.41, 5.74) is 1.84. The summed E-state index contributed by atoms with van der Waals surface area (Å²) in [6.07, 6.45) is 3.51. The van der Waals surface area contributed by atoms with Crippen LogP contribution in [-0.2, 0) is 10.0 Å². The third kappa shape index (κ3) is 2.26. The molecule has 2 fully saturated rings. The molecule has 0 bridgehead atoms. The first kappa shape index (κ1) is 13.0. The molecule has 4 rings (SSSR count). The number of hydrogen-bond acceptors (Lipinski definition) is 4. The lowest BCUT2D eigenvalue weighted by Crippen LogP contribution is -2.51. The lowest BCUT2D eigenvalue weighted by atomic mass is 10.1. The molecule has 21 heavy (non-hydrogen) atoms. The molecule has 2 heterocycles. The Balaban J connectivity index is 1.46. The summed E-state index contributed by atoms with van der Waals surface area (Å²) in [5.74, 6) is 0. The summed E-state index contributed by atoms with van der Waals surface area (Å²) in [6.45, 7) is 1.02. The number of rotatable bonds is 4. The summed E-state index contributed by atoms with van der Waals surface area (Å²) >= 11 is 0. The largest absolute Gasteiger partial charge is 0.246 e. The topological polar surface area (TPSA) is 68.1 Å². The van der Waals surface area contributed by atoms with Gasteiger partial charge in [0.05, 0.1) is 17.5 Å². The SMILES string of the molecule is O=S(=O)(C1CC1)N1CC(n2cc(-c3ccccc3)nn2)C1. The van der Waals surface area contributed by atoms with E-state index in [0.29, 0.717) is 13.1 Å². The van der Waals surface area contributed by atoms with Gasteiger partial charge in [0.25, 0.3) is 0 Å². The van der Waals surface area contributed by atoms with Crippen molar-refractivity contribution in [3.63, 3.8) is 0 Å². The molecule has 0 N–H and O–H groups in total. The zero-order valence-electron chi connectivity index (χ0n) is 11.5. The molecule has 1 aliphatic carbocycles. The van der Waals surface area contributed by atoms with E-state index < -0.39 is 10.0 Å². The Labute approximate surface area is 123 Å². The molecule has 0 radical (unpaired) electrons. The maximum absolute atomic E-state index is 12.1. The van der Waals surface area contributed by atoms with Crippen LogP contribution in [0.25, 0.3) is 11.3 Å². The summed E-state index contributed by atoms with van der Waals surface area (Å²) in [6, 6.07) is 9.95. The van der Waals surface area contributed by atoms with Gasteiger partial charge >= 0.3 is 0 Å². The molecule has 7 heteroatoms. The Bertz CT molecular complexity index is 746. The molecular weight excluding hydrogens is 288 g/mol. The predicted octanol–water partition coefficient (Wildman–Crippen LogP) is 1.29. The van der Waals surface area contributed by atoms with Gasteiger partial charge in [-0.1, -0.05) is 35.5 Å². The van der Waals surface area contributed by atoms with Gasteiger partial charge in [-0.15, -0.1) is 5.10 Å². The smallest absolute Gasteiger partial charge is 0.217 e. The van der Waals surface area contributed by atoms with E-state index in [1.807, 2.05) is 36.5 Å². The number of sulfonamides is 1. The Morgan fingerprint density at radius 3 is 2.48 bits per heavy atom. The summed E-state index contributed by atoms with van der Waals surface area (Å²) in [5, 5.41) is 8.18. The third-order valence-electron chi connectivity index (χ3n) is 4.09. The molecule has 1 aliphatic heterocycles. The van der Waals surface area contributed by atoms with Gasteiger partial charge in [0.15, 0.2) is 0 Å². The number of aromatic nitrogens is 3.